The minimum Gasteiger partial charge on any atom is -0.349 e. The number of benzene rings is 1. The highest BCUT2D eigenvalue weighted by Crippen LogP contribution is 2.37. The molecule has 0 unspecified atom stereocenters. The van der Waals surface area contributed by atoms with Crippen LogP contribution in [0.3, 0.4) is 0 Å². The number of hydrogen-bond donors (Lipinski definition) is 2. The molecule has 29 heavy (non-hydrogen) atoms. The summed E-state index contributed by atoms with van der Waals surface area (Å²) in [6.45, 7) is 0. The van der Waals surface area contributed by atoms with Crippen molar-refractivity contribution in [1.29, 1.82) is 0 Å². The van der Waals surface area contributed by atoms with E-state index in [0.29, 0.717) is 23.7 Å². The number of nitrogens with zero attached hydrogens (tertiary/aromatic N) is 1. The number of amides is 1. The molecule has 0 saturated carbocycles. The fourth-order valence-electron chi connectivity index (χ4n) is 4.18. The van der Waals surface area contributed by atoms with Crippen molar-refractivity contribution < 1.29 is 4.79 Å². The van der Waals surface area contributed by atoms with Gasteiger partial charge in [-0.3, -0.25) is 9.59 Å². The van der Waals surface area contributed by atoms with Crippen molar-refractivity contribution in [2.24, 2.45) is 0 Å². The molecule has 1 atom stereocenters. The number of aromatic amines is 1. The third-order valence-electron chi connectivity index (χ3n) is 5.56. The van der Waals surface area contributed by atoms with E-state index in [9.17, 15) is 9.59 Å². The smallest absolute Gasteiger partial charge is 0.259 e. The van der Waals surface area contributed by atoms with Crippen molar-refractivity contribution in [1.82, 2.24) is 15.3 Å². The third-order valence-corrected chi connectivity index (χ3v) is 8.10. The van der Waals surface area contributed by atoms with Crippen molar-refractivity contribution in [3.8, 4) is 0 Å². The largest absolute Gasteiger partial charge is 0.349 e. The molecular weight excluding hydrogens is 426 g/mol. The molecule has 0 radical (unpaired) electrons. The average molecular weight is 446 g/mol. The molecule has 0 saturated heterocycles. The Morgan fingerprint density at radius 1 is 1.34 bits per heavy atom. The molecule has 2 aliphatic rings. The van der Waals surface area contributed by atoms with E-state index in [4.69, 9.17) is 11.6 Å². The Bertz CT molecular complexity index is 1170. The summed E-state index contributed by atoms with van der Waals surface area (Å²) in [4.78, 5) is 35.9. The van der Waals surface area contributed by atoms with E-state index in [-0.39, 0.29) is 17.5 Å². The fourth-order valence-corrected chi connectivity index (χ4v) is 6.75. The van der Waals surface area contributed by atoms with Crippen LogP contribution in [0.2, 0.25) is 5.02 Å². The van der Waals surface area contributed by atoms with Crippen LogP contribution in [0, 0.1) is 0 Å². The Morgan fingerprint density at radius 3 is 3.14 bits per heavy atom. The Morgan fingerprint density at radius 2 is 2.24 bits per heavy atom. The van der Waals surface area contributed by atoms with Crippen LogP contribution in [0.4, 0.5) is 0 Å². The zero-order valence-corrected chi connectivity index (χ0v) is 18.1. The molecule has 2 N–H and O–H groups in total. The topological polar surface area (TPSA) is 74.8 Å². The number of rotatable bonds is 4. The second-order valence-corrected chi connectivity index (χ2v) is 10.1. The Labute approximate surface area is 181 Å². The maximum absolute atomic E-state index is 12.6. The summed E-state index contributed by atoms with van der Waals surface area (Å²) in [6, 6.07) is 5.82. The van der Waals surface area contributed by atoms with E-state index in [1.165, 1.54) is 15.3 Å². The summed E-state index contributed by atoms with van der Waals surface area (Å²) in [5, 5.41) is 4.57. The number of carbonyl (C=O) groups is 1. The maximum atomic E-state index is 12.6. The first kappa shape index (κ1) is 19.2. The first-order valence-corrected chi connectivity index (χ1v) is 12.0. The number of aromatic nitrogens is 2. The highest BCUT2D eigenvalue weighted by atomic mass is 35.5. The fraction of sp³-hybridized carbons (Fsp3) is 0.381. The monoisotopic (exact) mass is 445 g/mol. The standard InChI is InChI=1S/C21H20ClN3O2S2/c22-11-4-5-15-13(10-11)14(8-9-28-15)23-18(26)7-6-17-24-20(27)19-12-2-1-3-16(12)29-21(19)25-17/h4-5,10,14H,1-3,6-9H2,(H,23,26)(H,24,25,27)/t14-/m0/s1. The lowest BCUT2D eigenvalue weighted by atomic mass is 10.0. The van der Waals surface area contributed by atoms with E-state index >= 15 is 0 Å². The van der Waals surface area contributed by atoms with Gasteiger partial charge < -0.3 is 10.3 Å². The molecule has 3 aromatic rings. The van der Waals surface area contributed by atoms with Crippen LogP contribution in [0.15, 0.2) is 27.9 Å². The summed E-state index contributed by atoms with van der Waals surface area (Å²) in [5.74, 6) is 1.51. The Kier molecular flexibility index (Phi) is 5.14. The van der Waals surface area contributed by atoms with Crippen molar-refractivity contribution >= 4 is 50.8 Å². The molecule has 5 rings (SSSR count). The van der Waals surface area contributed by atoms with Gasteiger partial charge in [0, 0.05) is 33.4 Å². The maximum Gasteiger partial charge on any atom is 0.259 e. The van der Waals surface area contributed by atoms with Crippen molar-refractivity contribution in [2.75, 3.05) is 5.75 Å². The molecule has 0 fully saturated rings. The molecule has 150 valence electrons. The predicted octanol–water partition coefficient (Wildman–Crippen LogP) is 4.41. The summed E-state index contributed by atoms with van der Waals surface area (Å²) in [5.41, 5.74) is 2.19. The summed E-state index contributed by atoms with van der Waals surface area (Å²) in [7, 11) is 0. The van der Waals surface area contributed by atoms with E-state index in [1.807, 2.05) is 18.2 Å². The number of H-pyrrole nitrogens is 1. The normalized spacial score (nSPS) is 17.9. The van der Waals surface area contributed by atoms with Crippen LogP contribution < -0.4 is 10.9 Å². The number of aryl methyl sites for hydroxylation is 3. The zero-order chi connectivity index (χ0) is 20.0. The quantitative estimate of drug-likeness (QED) is 0.623. The van der Waals surface area contributed by atoms with Crippen LogP contribution in [0.5, 0.6) is 0 Å². The molecule has 0 spiro atoms. The van der Waals surface area contributed by atoms with Gasteiger partial charge >= 0.3 is 0 Å². The highest BCUT2D eigenvalue weighted by molar-refractivity contribution is 7.99. The van der Waals surface area contributed by atoms with Gasteiger partial charge in [0.2, 0.25) is 5.91 Å². The van der Waals surface area contributed by atoms with Crippen molar-refractivity contribution in [3.63, 3.8) is 0 Å². The molecule has 1 aromatic carbocycles. The first-order chi connectivity index (χ1) is 14.1. The number of thioether (sulfide) groups is 1. The van der Waals surface area contributed by atoms with Crippen molar-refractivity contribution in [3.05, 3.63) is 55.4 Å². The molecule has 1 aliphatic heterocycles. The Balaban J connectivity index is 1.28. The van der Waals surface area contributed by atoms with Crippen LogP contribution in [-0.4, -0.2) is 21.6 Å². The van der Waals surface area contributed by atoms with Gasteiger partial charge in [0.05, 0.1) is 11.4 Å². The Hall–Kier alpha value is -1.83. The van der Waals surface area contributed by atoms with E-state index in [1.54, 1.807) is 23.1 Å². The lowest BCUT2D eigenvalue weighted by Crippen LogP contribution is -2.31. The van der Waals surface area contributed by atoms with Crippen molar-refractivity contribution in [2.45, 2.75) is 49.5 Å². The molecule has 1 amide bonds. The molecule has 0 bridgehead atoms. The van der Waals surface area contributed by atoms with Gasteiger partial charge in [-0.05, 0) is 55.0 Å². The highest BCUT2D eigenvalue weighted by Gasteiger charge is 2.23. The molecular formula is C21H20ClN3O2S2. The molecule has 3 heterocycles. The molecule has 1 aliphatic carbocycles. The van der Waals surface area contributed by atoms with Gasteiger partial charge in [-0.2, -0.15) is 0 Å². The average Bonchev–Trinajstić information content (AvgIpc) is 3.27. The summed E-state index contributed by atoms with van der Waals surface area (Å²) < 4.78 is 0. The first-order valence-electron chi connectivity index (χ1n) is 9.83. The second kappa shape index (κ2) is 7.78. The second-order valence-electron chi connectivity index (χ2n) is 7.49. The minimum absolute atomic E-state index is 0.0211. The van der Waals surface area contributed by atoms with E-state index in [0.717, 1.165) is 47.2 Å². The zero-order valence-electron chi connectivity index (χ0n) is 15.7. The summed E-state index contributed by atoms with van der Waals surface area (Å²) in [6.07, 6.45) is 4.71. The van der Waals surface area contributed by atoms with Gasteiger partial charge in [0.15, 0.2) is 0 Å². The number of nitrogens with one attached hydrogen (secondary N) is 2. The van der Waals surface area contributed by atoms with Gasteiger partial charge in [-0.1, -0.05) is 11.6 Å². The minimum atomic E-state index is -0.0716. The molecule has 5 nitrogen and oxygen atoms in total. The number of hydrogen-bond acceptors (Lipinski definition) is 5. The number of halogens is 1. The van der Waals surface area contributed by atoms with Gasteiger partial charge in [0.25, 0.3) is 5.56 Å². The summed E-state index contributed by atoms with van der Waals surface area (Å²) >= 11 is 9.56. The molecule has 8 heteroatoms. The van der Waals surface area contributed by atoms with E-state index < -0.39 is 0 Å². The van der Waals surface area contributed by atoms with E-state index in [2.05, 4.69) is 15.3 Å². The van der Waals surface area contributed by atoms with Gasteiger partial charge in [0.1, 0.15) is 10.7 Å². The number of carbonyl (C=O) groups excluding carboxylic acids is 1. The predicted molar refractivity (Wildman–Crippen MR) is 118 cm³/mol. The lowest BCUT2D eigenvalue weighted by molar-refractivity contribution is -0.121. The van der Waals surface area contributed by atoms with Crippen LogP contribution in [-0.2, 0) is 24.1 Å². The SMILES string of the molecule is O=C(CCc1nc2sc3c(c2c(=O)[nH]1)CCC3)N[C@H]1CCSc2ccc(Cl)cc21. The number of fused-ring (bicyclic) bond motifs is 4. The number of thiophene rings is 1. The van der Waals surface area contributed by atoms with Crippen LogP contribution in [0.1, 0.15) is 47.1 Å². The van der Waals surface area contributed by atoms with Gasteiger partial charge in [-0.15, -0.1) is 23.1 Å². The lowest BCUT2D eigenvalue weighted by Gasteiger charge is -2.26. The van der Waals surface area contributed by atoms with Crippen LogP contribution in [0.25, 0.3) is 10.2 Å². The van der Waals surface area contributed by atoms with Gasteiger partial charge in [-0.25, -0.2) is 4.98 Å². The third kappa shape index (κ3) is 3.71. The molecule has 2 aromatic heterocycles. The van der Waals surface area contributed by atoms with Crippen LogP contribution >= 0.6 is 34.7 Å².